The minimum Gasteiger partial charge on any atom is -0.476 e. The Morgan fingerprint density at radius 1 is 1.26 bits per heavy atom. The Hall–Kier alpha value is -2.30. The first-order valence-electron chi connectivity index (χ1n) is 6.32. The van der Waals surface area contributed by atoms with E-state index in [9.17, 15) is 0 Å². The summed E-state index contributed by atoms with van der Waals surface area (Å²) in [6, 6.07) is 9.42. The molecule has 0 aromatic carbocycles. The molecule has 0 spiro atoms. The summed E-state index contributed by atoms with van der Waals surface area (Å²) in [5.74, 6) is 1.21. The first-order chi connectivity index (χ1) is 9.29. The Balaban J connectivity index is 2.00. The number of nitrogen functional groups attached to an aromatic ring is 1. The summed E-state index contributed by atoms with van der Waals surface area (Å²) in [6.07, 6.45) is 2.69. The molecule has 3 N–H and O–H groups in total. The summed E-state index contributed by atoms with van der Waals surface area (Å²) in [5.41, 5.74) is 7.32. The van der Waals surface area contributed by atoms with Crippen LogP contribution in [0.3, 0.4) is 0 Å². The Morgan fingerprint density at radius 3 is 2.89 bits per heavy atom. The molecule has 0 bridgehead atoms. The van der Waals surface area contributed by atoms with Crippen molar-refractivity contribution >= 4 is 11.5 Å². The van der Waals surface area contributed by atoms with Crippen molar-refractivity contribution in [2.24, 2.45) is 0 Å². The van der Waals surface area contributed by atoms with Crippen molar-refractivity contribution in [3.05, 3.63) is 42.2 Å². The summed E-state index contributed by atoms with van der Waals surface area (Å²) in [5, 5.41) is 3.20. The second-order valence-electron chi connectivity index (χ2n) is 4.11. The number of hydrogen-bond donors (Lipinski definition) is 2. The molecule has 5 nitrogen and oxygen atoms in total. The molecule has 0 fully saturated rings. The van der Waals surface area contributed by atoms with Crippen molar-refractivity contribution in [1.29, 1.82) is 0 Å². The molecule has 100 valence electrons. The van der Waals surface area contributed by atoms with Crippen molar-refractivity contribution in [2.75, 3.05) is 17.7 Å². The molecule has 0 atom stereocenters. The maximum Gasteiger partial charge on any atom is 0.239 e. The molecule has 0 aliphatic heterocycles. The third-order valence-corrected chi connectivity index (χ3v) is 2.51. The Bertz CT molecular complexity index is 516. The predicted octanol–water partition coefficient (Wildman–Crippen LogP) is 2.46. The third kappa shape index (κ3) is 3.84. The first kappa shape index (κ1) is 13.1. The lowest BCUT2D eigenvalue weighted by Gasteiger charge is -2.10. The lowest BCUT2D eigenvalue weighted by molar-refractivity contribution is 0.307. The number of rotatable bonds is 6. The van der Waals surface area contributed by atoms with Gasteiger partial charge in [0.1, 0.15) is 5.82 Å². The van der Waals surface area contributed by atoms with Crippen molar-refractivity contribution in [2.45, 2.75) is 19.9 Å². The molecule has 2 rings (SSSR count). The molecule has 2 aromatic heterocycles. The minimum atomic E-state index is 0.480. The fourth-order valence-corrected chi connectivity index (χ4v) is 1.55. The monoisotopic (exact) mass is 258 g/mol. The molecule has 0 saturated carbocycles. The molecule has 0 saturated heterocycles. The van der Waals surface area contributed by atoms with E-state index in [2.05, 4.69) is 15.3 Å². The maximum absolute atomic E-state index is 5.81. The zero-order chi connectivity index (χ0) is 13.5. The topological polar surface area (TPSA) is 73.1 Å². The van der Waals surface area contributed by atoms with Crippen molar-refractivity contribution in [3.63, 3.8) is 0 Å². The van der Waals surface area contributed by atoms with E-state index in [1.807, 2.05) is 31.2 Å². The summed E-state index contributed by atoms with van der Waals surface area (Å²) >= 11 is 0. The summed E-state index contributed by atoms with van der Waals surface area (Å²) in [4.78, 5) is 8.58. The Kier molecular flexibility index (Phi) is 4.55. The molecule has 0 aliphatic rings. The molecule has 2 aromatic rings. The predicted molar refractivity (Wildman–Crippen MR) is 76.0 cm³/mol. The molecule has 0 aliphatic carbocycles. The van der Waals surface area contributed by atoms with Crippen LogP contribution in [0.4, 0.5) is 11.5 Å². The van der Waals surface area contributed by atoms with Crippen molar-refractivity contribution in [1.82, 2.24) is 9.97 Å². The first-order valence-corrected chi connectivity index (χ1v) is 6.32. The highest BCUT2D eigenvalue weighted by atomic mass is 16.5. The van der Waals surface area contributed by atoms with Crippen LogP contribution in [0.1, 0.15) is 19.0 Å². The van der Waals surface area contributed by atoms with Gasteiger partial charge in [-0.15, -0.1) is 0 Å². The molecule has 0 amide bonds. The highest BCUT2D eigenvalue weighted by molar-refractivity contribution is 5.53. The van der Waals surface area contributed by atoms with Crippen LogP contribution in [-0.2, 0) is 6.54 Å². The number of pyridine rings is 2. The van der Waals surface area contributed by atoms with E-state index in [1.54, 1.807) is 12.3 Å². The fraction of sp³-hybridized carbons (Fsp3) is 0.286. The summed E-state index contributed by atoms with van der Waals surface area (Å²) < 4.78 is 5.49. The van der Waals surface area contributed by atoms with Crippen LogP contribution in [0.25, 0.3) is 0 Å². The minimum absolute atomic E-state index is 0.480. The fourth-order valence-electron chi connectivity index (χ4n) is 1.55. The van der Waals surface area contributed by atoms with Gasteiger partial charge in [0.25, 0.3) is 0 Å². The number of nitrogens with two attached hydrogens (primary N) is 1. The average molecular weight is 258 g/mol. The Morgan fingerprint density at radius 2 is 2.16 bits per heavy atom. The van der Waals surface area contributed by atoms with Gasteiger partial charge in [0.2, 0.25) is 5.88 Å². The number of ether oxygens (including phenoxy) is 1. The SMILES string of the molecule is CCCOc1nc(NCc2ccccn2)ccc1N. The van der Waals surface area contributed by atoms with Gasteiger partial charge in [-0.3, -0.25) is 4.98 Å². The summed E-state index contributed by atoms with van der Waals surface area (Å²) in [7, 11) is 0. The number of aromatic nitrogens is 2. The van der Waals surface area contributed by atoms with Gasteiger partial charge in [0.15, 0.2) is 0 Å². The van der Waals surface area contributed by atoms with Crippen LogP contribution >= 0.6 is 0 Å². The van der Waals surface area contributed by atoms with Gasteiger partial charge in [0, 0.05) is 6.20 Å². The van der Waals surface area contributed by atoms with Crippen LogP contribution in [0.2, 0.25) is 0 Å². The van der Waals surface area contributed by atoms with E-state index in [1.165, 1.54) is 0 Å². The van der Waals surface area contributed by atoms with E-state index in [0.717, 1.165) is 17.9 Å². The molecule has 0 unspecified atom stereocenters. The van der Waals surface area contributed by atoms with Gasteiger partial charge in [0.05, 0.1) is 24.5 Å². The van der Waals surface area contributed by atoms with Gasteiger partial charge < -0.3 is 15.8 Å². The van der Waals surface area contributed by atoms with E-state index >= 15 is 0 Å². The molecular formula is C14H18N4O. The standard InChI is InChI=1S/C14H18N4O/c1-2-9-19-14-12(15)6-7-13(18-14)17-10-11-5-3-4-8-16-11/h3-8H,2,9-10,15H2,1H3,(H,17,18). The molecule has 2 heterocycles. The van der Waals surface area contributed by atoms with Crippen LogP contribution in [0.5, 0.6) is 5.88 Å². The number of nitrogens with one attached hydrogen (secondary N) is 1. The van der Waals surface area contributed by atoms with Crippen LogP contribution in [0.15, 0.2) is 36.5 Å². The van der Waals surface area contributed by atoms with E-state index < -0.39 is 0 Å². The number of hydrogen-bond acceptors (Lipinski definition) is 5. The van der Waals surface area contributed by atoms with E-state index in [4.69, 9.17) is 10.5 Å². The van der Waals surface area contributed by atoms with Gasteiger partial charge >= 0.3 is 0 Å². The van der Waals surface area contributed by atoms with Crippen LogP contribution in [0, 0.1) is 0 Å². The van der Waals surface area contributed by atoms with E-state index in [-0.39, 0.29) is 0 Å². The summed E-state index contributed by atoms with van der Waals surface area (Å²) in [6.45, 7) is 3.27. The van der Waals surface area contributed by atoms with Crippen molar-refractivity contribution < 1.29 is 4.74 Å². The molecule has 19 heavy (non-hydrogen) atoms. The molecular weight excluding hydrogens is 240 g/mol. The zero-order valence-corrected chi connectivity index (χ0v) is 11.0. The number of nitrogens with zero attached hydrogens (tertiary/aromatic N) is 2. The second kappa shape index (κ2) is 6.58. The lowest BCUT2D eigenvalue weighted by atomic mass is 10.3. The highest BCUT2D eigenvalue weighted by Crippen LogP contribution is 2.21. The maximum atomic E-state index is 5.81. The van der Waals surface area contributed by atoms with E-state index in [0.29, 0.717) is 24.7 Å². The van der Waals surface area contributed by atoms with Crippen LogP contribution in [-0.4, -0.2) is 16.6 Å². The third-order valence-electron chi connectivity index (χ3n) is 2.51. The van der Waals surface area contributed by atoms with Crippen molar-refractivity contribution in [3.8, 4) is 5.88 Å². The van der Waals surface area contributed by atoms with Gasteiger partial charge in [-0.1, -0.05) is 13.0 Å². The Labute approximate surface area is 112 Å². The average Bonchev–Trinajstić information content (AvgIpc) is 2.46. The second-order valence-corrected chi connectivity index (χ2v) is 4.11. The van der Waals surface area contributed by atoms with Gasteiger partial charge in [-0.2, -0.15) is 4.98 Å². The van der Waals surface area contributed by atoms with Gasteiger partial charge in [-0.05, 0) is 30.7 Å². The molecule has 5 heteroatoms. The molecule has 0 radical (unpaired) electrons. The van der Waals surface area contributed by atoms with Gasteiger partial charge in [-0.25, -0.2) is 0 Å². The quantitative estimate of drug-likeness (QED) is 0.832. The van der Waals surface area contributed by atoms with Crippen LogP contribution < -0.4 is 15.8 Å². The number of anilines is 2. The largest absolute Gasteiger partial charge is 0.476 e. The normalized spacial score (nSPS) is 10.2. The highest BCUT2D eigenvalue weighted by Gasteiger charge is 2.04. The lowest BCUT2D eigenvalue weighted by Crippen LogP contribution is -2.06. The zero-order valence-electron chi connectivity index (χ0n) is 11.0. The smallest absolute Gasteiger partial charge is 0.239 e.